The third-order valence-electron chi connectivity index (χ3n) is 3.16. The number of benzene rings is 1. The number of rotatable bonds is 6. The number of thiocarbonyl (C=S) groups is 2. The summed E-state index contributed by atoms with van der Waals surface area (Å²) < 4.78 is 0. The zero-order chi connectivity index (χ0) is 14.4. The third kappa shape index (κ3) is 3.85. The van der Waals surface area contributed by atoms with Crippen LogP contribution >= 0.6 is 24.4 Å². The van der Waals surface area contributed by atoms with Crippen LogP contribution in [0.3, 0.4) is 0 Å². The summed E-state index contributed by atoms with van der Waals surface area (Å²) in [5, 5.41) is 0. The summed E-state index contributed by atoms with van der Waals surface area (Å²) >= 11 is 10.3. The zero-order valence-electron chi connectivity index (χ0n) is 11.3. The van der Waals surface area contributed by atoms with Gasteiger partial charge in [0.15, 0.2) is 0 Å². The van der Waals surface area contributed by atoms with Crippen LogP contribution in [0.2, 0.25) is 0 Å². The van der Waals surface area contributed by atoms with E-state index < -0.39 is 0 Å². The molecule has 0 atom stereocenters. The summed E-state index contributed by atoms with van der Waals surface area (Å²) in [5.74, 6) is -0.287. The molecule has 0 radical (unpaired) electrons. The topological polar surface area (TPSA) is 52.0 Å². The van der Waals surface area contributed by atoms with Crippen molar-refractivity contribution in [1.82, 2.24) is 0 Å². The largest absolute Gasteiger partial charge is 0.392 e. The van der Waals surface area contributed by atoms with Gasteiger partial charge in [-0.25, -0.2) is 0 Å². The minimum absolute atomic E-state index is 0.287. The minimum atomic E-state index is -0.287. The number of nitrogens with two attached hydrogens (primary N) is 2. The maximum Gasteiger partial charge on any atom is 0.0868 e. The molecule has 102 valence electrons. The summed E-state index contributed by atoms with van der Waals surface area (Å²) in [7, 11) is 0. The van der Waals surface area contributed by atoms with Gasteiger partial charge in [0.2, 0.25) is 0 Å². The van der Waals surface area contributed by atoms with Crippen LogP contribution in [0.25, 0.3) is 5.57 Å². The van der Waals surface area contributed by atoms with Crippen molar-refractivity contribution < 1.29 is 0 Å². The van der Waals surface area contributed by atoms with E-state index in [-0.39, 0.29) is 5.92 Å². The van der Waals surface area contributed by atoms with Gasteiger partial charge in [-0.2, -0.15) is 0 Å². The van der Waals surface area contributed by atoms with Crippen LogP contribution in [0.5, 0.6) is 0 Å². The van der Waals surface area contributed by atoms with E-state index in [9.17, 15) is 0 Å². The molecule has 1 rings (SSSR count). The molecule has 1 aromatic carbocycles. The highest BCUT2D eigenvalue weighted by Crippen LogP contribution is 2.29. The molecule has 0 aliphatic carbocycles. The third-order valence-corrected chi connectivity index (χ3v) is 3.63. The van der Waals surface area contributed by atoms with Gasteiger partial charge in [0.25, 0.3) is 0 Å². The van der Waals surface area contributed by atoms with E-state index in [0.29, 0.717) is 9.98 Å². The molecule has 0 amide bonds. The average molecular weight is 292 g/mol. The second-order valence-corrected chi connectivity index (χ2v) is 5.26. The molecule has 0 spiro atoms. The summed E-state index contributed by atoms with van der Waals surface area (Å²) in [6.45, 7) is 4.20. The molecule has 0 aliphatic heterocycles. The Labute approximate surface area is 125 Å². The molecular weight excluding hydrogens is 272 g/mol. The van der Waals surface area contributed by atoms with Crippen LogP contribution in [0.1, 0.15) is 32.3 Å². The van der Waals surface area contributed by atoms with E-state index in [2.05, 4.69) is 26.0 Å². The van der Waals surface area contributed by atoms with Crippen molar-refractivity contribution in [2.45, 2.75) is 26.7 Å². The Balaban J connectivity index is 3.40. The quantitative estimate of drug-likeness (QED) is 0.789. The van der Waals surface area contributed by atoms with Crippen LogP contribution in [0, 0.1) is 5.92 Å². The molecular formula is C15H20N2S2. The zero-order valence-corrected chi connectivity index (χ0v) is 13.0. The van der Waals surface area contributed by atoms with E-state index >= 15 is 0 Å². The Morgan fingerprint density at radius 1 is 1.00 bits per heavy atom. The maximum atomic E-state index is 5.81. The Hall–Kier alpha value is -1.26. The van der Waals surface area contributed by atoms with Gasteiger partial charge in [-0.3, -0.25) is 0 Å². The van der Waals surface area contributed by atoms with Gasteiger partial charge < -0.3 is 11.5 Å². The lowest BCUT2D eigenvalue weighted by molar-refractivity contribution is 0.954. The average Bonchev–Trinajstić information content (AvgIpc) is 2.38. The highest BCUT2D eigenvalue weighted by molar-refractivity contribution is 7.82. The lowest BCUT2D eigenvalue weighted by atomic mass is 9.87. The standard InChI is InChI=1S/C15H20N2S2/c1-3-11(10-8-6-5-7-9-10)12(4-2)13(14(16)18)15(17)19/h5-9,13H,3-4H2,1-2H3,(H2,16,18)(H2,17,19). The molecule has 4 heteroatoms. The van der Waals surface area contributed by atoms with Crippen molar-refractivity contribution in [2.75, 3.05) is 0 Å². The fourth-order valence-electron chi connectivity index (χ4n) is 2.33. The number of hydrogen-bond donors (Lipinski definition) is 2. The smallest absolute Gasteiger partial charge is 0.0868 e. The SMILES string of the molecule is CCC(=C(CC)C(C(N)=S)C(N)=S)c1ccccc1. The molecule has 0 bridgehead atoms. The molecule has 0 saturated heterocycles. The lowest BCUT2D eigenvalue weighted by Gasteiger charge is -2.21. The Morgan fingerprint density at radius 2 is 1.53 bits per heavy atom. The van der Waals surface area contributed by atoms with Crippen molar-refractivity contribution in [3.63, 3.8) is 0 Å². The van der Waals surface area contributed by atoms with E-state index in [1.165, 1.54) is 11.1 Å². The first-order valence-corrected chi connectivity index (χ1v) is 7.20. The fourth-order valence-corrected chi connectivity index (χ4v) is 2.94. The normalized spacial score (nSPS) is 12.2. The molecule has 2 nitrogen and oxygen atoms in total. The molecule has 1 aromatic rings. The van der Waals surface area contributed by atoms with Gasteiger partial charge in [-0.05, 0) is 24.0 Å². The lowest BCUT2D eigenvalue weighted by Crippen LogP contribution is -2.34. The van der Waals surface area contributed by atoms with Crippen LogP contribution in [0.15, 0.2) is 35.9 Å². The summed E-state index contributed by atoms with van der Waals surface area (Å²) in [6, 6.07) is 10.2. The van der Waals surface area contributed by atoms with E-state index in [4.69, 9.17) is 35.9 Å². The first kappa shape index (κ1) is 15.8. The first-order chi connectivity index (χ1) is 9.02. The molecule has 0 heterocycles. The van der Waals surface area contributed by atoms with Gasteiger partial charge in [0.1, 0.15) is 0 Å². The Kier molecular flexibility index (Phi) is 6.12. The van der Waals surface area contributed by atoms with Gasteiger partial charge in [-0.1, -0.05) is 74.2 Å². The molecule has 0 aromatic heterocycles. The van der Waals surface area contributed by atoms with E-state index in [1.54, 1.807) is 0 Å². The van der Waals surface area contributed by atoms with Crippen LogP contribution in [0.4, 0.5) is 0 Å². The van der Waals surface area contributed by atoms with Gasteiger partial charge in [0.05, 0.1) is 15.9 Å². The fraction of sp³-hybridized carbons (Fsp3) is 0.333. The van der Waals surface area contributed by atoms with Crippen LogP contribution in [-0.4, -0.2) is 9.98 Å². The van der Waals surface area contributed by atoms with Crippen molar-refractivity contribution in [2.24, 2.45) is 17.4 Å². The monoisotopic (exact) mass is 292 g/mol. The van der Waals surface area contributed by atoms with Crippen molar-refractivity contribution >= 4 is 40.0 Å². The van der Waals surface area contributed by atoms with Crippen molar-refractivity contribution in [3.05, 3.63) is 41.5 Å². The second-order valence-electron chi connectivity index (χ2n) is 4.31. The van der Waals surface area contributed by atoms with Gasteiger partial charge in [0, 0.05) is 0 Å². The number of hydrogen-bond acceptors (Lipinski definition) is 2. The van der Waals surface area contributed by atoms with Crippen LogP contribution in [-0.2, 0) is 0 Å². The molecule has 4 N–H and O–H groups in total. The van der Waals surface area contributed by atoms with Gasteiger partial charge >= 0.3 is 0 Å². The van der Waals surface area contributed by atoms with Crippen molar-refractivity contribution in [3.8, 4) is 0 Å². The van der Waals surface area contributed by atoms with Gasteiger partial charge in [-0.15, -0.1) is 0 Å². The van der Waals surface area contributed by atoms with E-state index in [0.717, 1.165) is 18.4 Å². The first-order valence-electron chi connectivity index (χ1n) is 6.38. The van der Waals surface area contributed by atoms with Crippen LogP contribution < -0.4 is 11.5 Å². The maximum absolute atomic E-state index is 5.81. The predicted molar refractivity (Wildman–Crippen MR) is 91.0 cm³/mol. The molecule has 0 saturated carbocycles. The molecule has 0 fully saturated rings. The highest BCUT2D eigenvalue weighted by Gasteiger charge is 2.22. The second kappa shape index (κ2) is 7.36. The summed E-state index contributed by atoms with van der Waals surface area (Å²) in [4.78, 5) is 0.706. The molecule has 0 unspecified atom stereocenters. The van der Waals surface area contributed by atoms with E-state index in [1.807, 2.05) is 18.2 Å². The van der Waals surface area contributed by atoms with Crippen molar-refractivity contribution in [1.29, 1.82) is 0 Å². The molecule has 0 aliphatic rings. The summed E-state index contributed by atoms with van der Waals surface area (Å²) in [5.41, 5.74) is 15.2. The number of allylic oxidation sites excluding steroid dienone is 1. The Morgan fingerprint density at radius 3 is 1.89 bits per heavy atom. The Bertz CT molecular complexity index is 478. The summed E-state index contributed by atoms with van der Waals surface area (Å²) in [6.07, 6.45) is 1.73. The minimum Gasteiger partial charge on any atom is -0.392 e. The predicted octanol–water partition coefficient (Wildman–Crippen LogP) is 3.45. The highest BCUT2D eigenvalue weighted by atomic mass is 32.1. The molecule has 19 heavy (non-hydrogen) atoms.